The standard InChI is InChI=1S/C18H27NO2/c1-14(2)15-9-6-11-19(12-10-15)13-17(18(20)21)16-7-4-3-5-8-16/h3-5,7-8,14-15,17H,6,9-13H2,1-2H3,(H,20,21). The molecule has 0 radical (unpaired) electrons. The third-order valence-electron chi connectivity index (χ3n) is 4.75. The molecule has 3 heteroatoms. The summed E-state index contributed by atoms with van der Waals surface area (Å²) in [5, 5.41) is 9.54. The van der Waals surface area contributed by atoms with Gasteiger partial charge in [-0.15, -0.1) is 0 Å². The quantitative estimate of drug-likeness (QED) is 0.900. The van der Waals surface area contributed by atoms with Crippen molar-refractivity contribution in [2.75, 3.05) is 19.6 Å². The van der Waals surface area contributed by atoms with E-state index in [1.54, 1.807) is 0 Å². The first-order chi connectivity index (χ1) is 10.1. The molecule has 3 nitrogen and oxygen atoms in total. The van der Waals surface area contributed by atoms with Crippen LogP contribution in [0.15, 0.2) is 30.3 Å². The number of carbonyl (C=O) groups is 1. The first-order valence-electron chi connectivity index (χ1n) is 8.08. The van der Waals surface area contributed by atoms with Crippen molar-refractivity contribution in [1.29, 1.82) is 0 Å². The third kappa shape index (κ3) is 4.57. The first-order valence-corrected chi connectivity index (χ1v) is 8.08. The van der Waals surface area contributed by atoms with Crippen molar-refractivity contribution >= 4 is 5.97 Å². The molecule has 0 amide bonds. The van der Waals surface area contributed by atoms with Gasteiger partial charge in [0.05, 0.1) is 5.92 Å². The van der Waals surface area contributed by atoms with Crippen LogP contribution in [0.1, 0.15) is 44.6 Å². The lowest BCUT2D eigenvalue weighted by atomic mass is 9.89. The van der Waals surface area contributed by atoms with Crippen LogP contribution in [0.5, 0.6) is 0 Å². The normalized spacial score (nSPS) is 22.0. The lowest BCUT2D eigenvalue weighted by Gasteiger charge is -2.24. The van der Waals surface area contributed by atoms with E-state index < -0.39 is 11.9 Å². The van der Waals surface area contributed by atoms with Crippen molar-refractivity contribution in [2.24, 2.45) is 11.8 Å². The number of carboxylic acid groups (broad SMARTS) is 1. The highest BCUT2D eigenvalue weighted by Gasteiger charge is 2.25. The number of likely N-dealkylation sites (tertiary alicyclic amines) is 1. The molecule has 21 heavy (non-hydrogen) atoms. The van der Waals surface area contributed by atoms with Gasteiger partial charge in [-0.3, -0.25) is 4.79 Å². The maximum atomic E-state index is 11.6. The Hall–Kier alpha value is -1.35. The number of carboxylic acids is 1. The molecule has 1 fully saturated rings. The van der Waals surface area contributed by atoms with E-state index in [9.17, 15) is 9.90 Å². The number of aliphatic carboxylic acids is 1. The van der Waals surface area contributed by atoms with Crippen LogP contribution in [0.4, 0.5) is 0 Å². The second kappa shape index (κ2) is 7.60. The van der Waals surface area contributed by atoms with Crippen molar-refractivity contribution < 1.29 is 9.90 Å². The molecule has 1 saturated heterocycles. The van der Waals surface area contributed by atoms with Crippen LogP contribution in [-0.4, -0.2) is 35.6 Å². The Morgan fingerprint density at radius 3 is 2.57 bits per heavy atom. The SMILES string of the molecule is CC(C)C1CCCN(CC(C(=O)O)c2ccccc2)CC1. The average Bonchev–Trinajstić information content (AvgIpc) is 2.71. The zero-order chi connectivity index (χ0) is 15.2. The lowest BCUT2D eigenvalue weighted by Crippen LogP contribution is -2.33. The van der Waals surface area contributed by atoms with Gasteiger partial charge in [0.2, 0.25) is 0 Å². The molecule has 1 aromatic carbocycles. The first kappa shape index (κ1) is 16.0. The molecule has 2 atom stereocenters. The Kier molecular flexibility index (Phi) is 5.80. The van der Waals surface area contributed by atoms with E-state index in [4.69, 9.17) is 0 Å². The number of benzene rings is 1. The fraction of sp³-hybridized carbons (Fsp3) is 0.611. The summed E-state index contributed by atoms with van der Waals surface area (Å²) >= 11 is 0. The van der Waals surface area contributed by atoms with E-state index in [0.717, 1.165) is 30.5 Å². The second-order valence-corrected chi connectivity index (χ2v) is 6.54. The van der Waals surface area contributed by atoms with E-state index in [-0.39, 0.29) is 0 Å². The monoisotopic (exact) mass is 289 g/mol. The molecular weight excluding hydrogens is 262 g/mol. The summed E-state index contributed by atoms with van der Waals surface area (Å²) in [6, 6.07) is 9.62. The topological polar surface area (TPSA) is 40.5 Å². The van der Waals surface area contributed by atoms with Crippen LogP contribution in [0.25, 0.3) is 0 Å². The molecule has 1 heterocycles. The minimum atomic E-state index is -0.717. The van der Waals surface area contributed by atoms with E-state index in [2.05, 4.69) is 18.7 Å². The zero-order valence-corrected chi connectivity index (χ0v) is 13.2. The molecule has 2 unspecified atom stereocenters. The van der Waals surface area contributed by atoms with E-state index in [1.807, 2.05) is 30.3 Å². The molecule has 0 aromatic heterocycles. The Morgan fingerprint density at radius 1 is 1.24 bits per heavy atom. The van der Waals surface area contributed by atoms with E-state index >= 15 is 0 Å². The predicted molar refractivity (Wildman–Crippen MR) is 85.4 cm³/mol. The van der Waals surface area contributed by atoms with Gasteiger partial charge in [-0.25, -0.2) is 0 Å². The van der Waals surface area contributed by atoms with Crippen molar-refractivity contribution in [2.45, 2.75) is 39.0 Å². The molecular formula is C18H27NO2. The fourth-order valence-corrected chi connectivity index (χ4v) is 3.30. The summed E-state index contributed by atoms with van der Waals surface area (Å²) in [6.07, 6.45) is 3.65. The summed E-state index contributed by atoms with van der Waals surface area (Å²) in [5.41, 5.74) is 0.912. The summed E-state index contributed by atoms with van der Waals surface area (Å²) in [7, 11) is 0. The van der Waals surface area contributed by atoms with Gasteiger partial charge in [0.25, 0.3) is 0 Å². The Balaban J connectivity index is 2.00. The van der Waals surface area contributed by atoms with Gasteiger partial charge in [0.1, 0.15) is 0 Å². The third-order valence-corrected chi connectivity index (χ3v) is 4.75. The van der Waals surface area contributed by atoms with Crippen LogP contribution in [-0.2, 0) is 4.79 Å². The van der Waals surface area contributed by atoms with Crippen molar-refractivity contribution in [1.82, 2.24) is 4.90 Å². The van der Waals surface area contributed by atoms with Crippen LogP contribution >= 0.6 is 0 Å². The minimum absolute atomic E-state index is 0.415. The minimum Gasteiger partial charge on any atom is -0.481 e. The summed E-state index contributed by atoms with van der Waals surface area (Å²) < 4.78 is 0. The van der Waals surface area contributed by atoms with Crippen molar-refractivity contribution in [3.63, 3.8) is 0 Å². The molecule has 0 saturated carbocycles. The lowest BCUT2D eigenvalue weighted by molar-refractivity contribution is -0.139. The Labute approximate surface area is 128 Å². The second-order valence-electron chi connectivity index (χ2n) is 6.54. The van der Waals surface area contributed by atoms with Crippen LogP contribution < -0.4 is 0 Å². The molecule has 1 aromatic rings. The average molecular weight is 289 g/mol. The van der Waals surface area contributed by atoms with Crippen molar-refractivity contribution in [3.8, 4) is 0 Å². The molecule has 0 spiro atoms. The maximum Gasteiger partial charge on any atom is 0.312 e. The van der Waals surface area contributed by atoms with Gasteiger partial charge in [-0.05, 0) is 49.8 Å². The number of rotatable bonds is 5. The summed E-state index contributed by atoms with van der Waals surface area (Å²) in [5.74, 6) is 0.386. The molecule has 1 aliphatic rings. The zero-order valence-electron chi connectivity index (χ0n) is 13.2. The molecule has 1 N–H and O–H groups in total. The molecule has 1 aliphatic heterocycles. The highest BCUT2D eigenvalue weighted by molar-refractivity contribution is 5.76. The van der Waals surface area contributed by atoms with Crippen LogP contribution in [0, 0.1) is 11.8 Å². The van der Waals surface area contributed by atoms with Crippen LogP contribution in [0.2, 0.25) is 0 Å². The van der Waals surface area contributed by atoms with Gasteiger partial charge in [-0.1, -0.05) is 44.2 Å². The predicted octanol–water partition coefficient (Wildman–Crippen LogP) is 3.61. The largest absolute Gasteiger partial charge is 0.481 e. The van der Waals surface area contributed by atoms with Crippen molar-refractivity contribution in [3.05, 3.63) is 35.9 Å². The molecule has 2 rings (SSSR count). The molecule has 0 bridgehead atoms. The van der Waals surface area contributed by atoms with Gasteiger partial charge in [0.15, 0.2) is 0 Å². The highest BCUT2D eigenvalue weighted by atomic mass is 16.4. The van der Waals surface area contributed by atoms with E-state index in [0.29, 0.717) is 6.54 Å². The highest BCUT2D eigenvalue weighted by Crippen LogP contribution is 2.26. The fourth-order valence-electron chi connectivity index (χ4n) is 3.30. The Morgan fingerprint density at radius 2 is 1.95 bits per heavy atom. The maximum absolute atomic E-state index is 11.6. The summed E-state index contributed by atoms with van der Waals surface area (Å²) in [4.78, 5) is 13.9. The number of hydrogen-bond acceptors (Lipinski definition) is 2. The van der Waals surface area contributed by atoms with Gasteiger partial charge < -0.3 is 10.0 Å². The number of nitrogens with zero attached hydrogens (tertiary/aromatic N) is 1. The van der Waals surface area contributed by atoms with E-state index in [1.165, 1.54) is 19.3 Å². The molecule has 0 aliphatic carbocycles. The van der Waals surface area contributed by atoms with Crippen LogP contribution in [0.3, 0.4) is 0 Å². The molecule has 116 valence electrons. The smallest absolute Gasteiger partial charge is 0.312 e. The summed E-state index contributed by atoms with van der Waals surface area (Å²) in [6.45, 7) is 7.28. The Bertz CT molecular complexity index is 444. The van der Waals surface area contributed by atoms with Gasteiger partial charge >= 0.3 is 5.97 Å². The van der Waals surface area contributed by atoms with Gasteiger partial charge in [0, 0.05) is 6.54 Å². The number of hydrogen-bond donors (Lipinski definition) is 1. The van der Waals surface area contributed by atoms with Gasteiger partial charge in [-0.2, -0.15) is 0 Å².